The van der Waals surface area contributed by atoms with Gasteiger partial charge in [0, 0.05) is 5.54 Å². The van der Waals surface area contributed by atoms with E-state index >= 15 is 0 Å². The Morgan fingerprint density at radius 1 is 1.67 bits per heavy atom. The average molecular weight is 171 g/mol. The summed E-state index contributed by atoms with van der Waals surface area (Å²) in [6.45, 7) is 1.94. The highest BCUT2D eigenvalue weighted by atomic mass is 16.5. The predicted octanol–water partition coefficient (Wildman–Crippen LogP) is 1.07. The zero-order valence-electron chi connectivity index (χ0n) is 7.80. The third-order valence-electron chi connectivity index (χ3n) is 2.79. The zero-order valence-corrected chi connectivity index (χ0v) is 7.80. The molecule has 1 unspecified atom stereocenters. The number of hydrogen-bond acceptors (Lipinski definition) is 3. The Balaban J connectivity index is 2.41. The van der Waals surface area contributed by atoms with Crippen molar-refractivity contribution in [2.45, 2.75) is 38.1 Å². The van der Waals surface area contributed by atoms with E-state index in [4.69, 9.17) is 5.73 Å². The summed E-state index contributed by atoms with van der Waals surface area (Å²) in [6.07, 6.45) is 3.90. The van der Waals surface area contributed by atoms with E-state index in [0.717, 1.165) is 12.8 Å². The van der Waals surface area contributed by atoms with Gasteiger partial charge in [0.2, 0.25) is 0 Å². The third-order valence-corrected chi connectivity index (χ3v) is 2.79. The first-order valence-electron chi connectivity index (χ1n) is 4.42. The summed E-state index contributed by atoms with van der Waals surface area (Å²) in [5, 5.41) is 0. The maximum Gasteiger partial charge on any atom is 0.307 e. The van der Waals surface area contributed by atoms with Crippen LogP contribution in [0, 0.1) is 5.92 Å². The maximum absolute atomic E-state index is 11.0. The molecule has 3 heteroatoms. The largest absolute Gasteiger partial charge is 0.469 e. The molecule has 0 heterocycles. The zero-order chi connectivity index (χ0) is 9.19. The molecule has 0 aromatic heterocycles. The lowest BCUT2D eigenvalue weighted by Crippen LogP contribution is -2.48. The molecule has 1 aliphatic rings. The molecule has 0 spiro atoms. The monoisotopic (exact) mass is 171 g/mol. The highest BCUT2D eigenvalue weighted by molar-refractivity contribution is 5.70. The number of esters is 1. The molecular formula is C9H17NO2. The van der Waals surface area contributed by atoms with Crippen molar-refractivity contribution in [3.05, 3.63) is 0 Å². The van der Waals surface area contributed by atoms with E-state index in [2.05, 4.69) is 4.74 Å². The maximum atomic E-state index is 11.0. The van der Waals surface area contributed by atoms with Crippen LogP contribution in [0.4, 0.5) is 0 Å². The fourth-order valence-electron chi connectivity index (χ4n) is 1.60. The van der Waals surface area contributed by atoms with Gasteiger partial charge in [-0.05, 0) is 25.7 Å². The van der Waals surface area contributed by atoms with Crippen LogP contribution in [0.1, 0.15) is 32.6 Å². The Bertz CT molecular complexity index is 173. The molecule has 0 aromatic carbocycles. The number of ether oxygens (including phenoxy) is 1. The third kappa shape index (κ3) is 1.97. The van der Waals surface area contributed by atoms with E-state index in [0.29, 0.717) is 12.3 Å². The summed E-state index contributed by atoms with van der Waals surface area (Å²) in [5.74, 6) is 0.309. The van der Waals surface area contributed by atoms with Gasteiger partial charge in [0.25, 0.3) is 0 Å². The molecule has 0 aliphatic heterocycles. The van der Waals surface area contributed by atoms with E-state index in [9.17, 15) is 4.79 Å². The van der Waals surface area contributed by atoms with E-state index in [1.54, 1.807) is 0 Å². The van der Waals surface area contributed by atoms with Crippen molar-refractivity contribution < 1.29 is 9.53 Å². The van der Waals surface area contributed by atoms with Crippen molar-refractivity contribution in [1.29, 1.82) is 0 Å². The van der Waals surface area contributed by atoms with E-state index in [1.807, 2.05) is 6.92 Å². The molecule has 70 valence electrons. The predicted molar refractivity (Wildman–Crippen MR) is 46.6 cm³/mol. The van der Waals surface area contributed by atoms with Crippen molar-refractivity contribution in [2.24, 2.45) is 11.7 Å². The fraction of sp³-hybridized carbons (Fsp3) is 0.889. The van der Waals surface area contributed by atoms with Crippen LogP contribution in [-0.4, -0.2) is 18.6 Å². The Morgan fingerprint density at radius 2 is 2.25 bits per heavy atom. The van der Waals surface area contributed by atoms with Gasteiger partial charge in [0.1, 0.15) is 0 Å². The molecule has 1 aliphatic carbocycles. The van der Waals surface area contributed by atoms with Gasteiger partial charge < -0.3 is 10.5 Å². The summed E-state index contributed by atoms with van der Waals surface area (Å²) in [5.41, 5.74) is 5.64. The van der Waals surface area contributed by atoms with Gasteiger partial charge >= 0.3 is 5.97 Å². The molecular weight excluding hydrogens is 154 g/mol. The molecule has 1 rings (SSSR count). The van der Waals surface area contributed by atoms with Crippen LogP contribution < -0.4 is 5.73 Å². The average Bonchev–Trinajstić information content (AvgIpc) is 1.80. The number of methoxy groups -OCH3 is 1. The van der Waals surface area contributed by atoms with Crippen LogP contribution in [0.5, 0.6) is 0 Å². The lowest BCUT2D eigenvalue weighted by Gasteiger charge is -2.39. The van der Waals surface area contributed by atoms with Crippen molar-refractivity contribution in [3.8, 4) is 0 Å². The Morgan fingerprint density at radius 3 is 2.58 bits per heavy atom. The highest BCUT2D eigenvalue weighted by Gasteiger charge is 2.36. The summed E-state index contributed by atoms with van der Waals surface area (Å²) in [6, 6.07) is 0. The van der Waals surface area contributed by atoms with Crippen LogP contribution in [0.3, 0.4) is 0 Å². The number of carbonyl (C=O) groups is 1. The van der Waals surface area contributed by atoms with Gasteiger partial charge in [-0.25, -0.2) is 0 Å². The van der Waals surface area contributed by atoms with Crippen LogP contribution in [0.15, 0.2) is 0 Å². The SMILES string of the molecule is COC(=O)CC(C)(N)C1CCC1. The molecule has 3 nitrogen and oxygen atoms in total. The minimum absolute atomic E-state index is 0.202. The Labute approximate surface area is 73.3 Å². The number of carbonyl (C=O) groups excluding carboxylic acids is 1. The van der Waals surface area contributed by atoms with Crippen LogP contribution in [-0.2, 0) is 9.53 Å². The molecule has 0 bridgehead atoms. The van der Waals surface area contributed by atoms with Gasteiger partial charge in [-0.1, -0.05) is 6.42 Å². The van der Waals surface area contributed by atoms with E-state index in [1.165, 1.54) is 13.5 Å². The summed E-state index contributed by atoms with van der Waals surface area (Å²) < 4.78 is 4.59. The molecule has 0 amide bonds. The summed E-state index contributed by atoms with van der Waals surface area (Å²) in [4.78, 5) is 11.0. The second-order valence-corrected chi connectivity index (χ2v) is 3.89. The Kier molecular flexibility index (Phi) is 2.73. The molecule has 1 fully saturated rings. The van der Waals surface area contributed by atoms with E-state index in [-0.39, 0.29) is 11.5 Å². The smallest absolute Gasteiger partial charge is 0.307 e. The molecule has 0 radical (unpaired) electrons. The van der Waals surface area contributed by atoms with E-state index < -0.39 is 0 Å². The molecule has 1 atom stereocenters. The lowest BCUT2D eigenvalue weighted by molar-refractivity contribution is -0.142. The quantitative estimate of drug-likeness (QED) is 0.646. The minimum atomic E-state index is -0.356. The van der Waals surface area contributed by atoms with Crippen molar-refractivity contribution in [1.82, 2.24) is 0 Å². The van der Waals surface area contributed by atoms with Gasteiger partial charge in [-0.3, -0.25) is 4.79 Å². The first-order chi connectivity index (χ1) is 5.56. The molecule has 2 N–H and O–H groups in total. The van der Waals surface area contributed by atoms with Crippen molar-refractivity contribution in [2.75, 3.05) is 7.11 Å². The van der Waals surface area contributed by atoms with Crippen molar-refractivity contribution in [3.63, 3.8) is 0 Å². The van der Waals surface area contributed by atoms with Gasteiger partial charge in [0.15, 0.2) is 0 Å². The van der Waals surface area contributed by atoms with Gasteiger partial charge in [-0.15, -0.1) is 0 Å². The number of hydrogen-bond donors (Lipinski definition) is 1. The minimum Gasteiger partial charge on any atom is -0.469 e. The normalized spacial score (nSPS) is 22.6. The van der Waals surface area contributed by atoms with Crippen LogP contribution in [0.25, 0.3) is 0 Å². The number of rotatable bonds is 3. The first-order valence-corrected chi connectivity index (χ1v) is 4.42. The van der Waals surface area contributed by atoms with Gasteiger partial charge in [-0.2, -0.15) is 0 Å². The first kappa shape index (κ1) is 9.52. The van der Waals surface area contributed by atoms with Crippen molar-refractivity contribution >= 4 is 5.97 Å². The molecule has 0 saturated heterocycles. The molecule has 12 heavy (non-hydrogen) atoms. The van der Waals surface area contributed by atoms with Gasteiger partial charge in [0.05, 0.1) is 13.5 Å². The molecule has 1 saturated carbocycles. The fourth-order valence-corrected chi connectivity index (χ4v) is 1.60. The highest BCUT2D eigenvalue weighted by Crippen LogP contribution is 2.36. The summed E-state index contributed by atoms with van der Waals surface area (Å²) in [7, 11) is 1.40. The summed E-state index contributed by atoms with van der Waals surface area (Å²) >= 11 is 0. The number of nitrogens with two attached hydrogens (primary N) is 1. The molecule has 0 aromatic rings. The van der Waals surface area contributed by atoms with Crippen LogP contribution in [0.2, 0.25) is 0 Å². The lowest BCUT2D eigenvalue weighted by atomic mass is 9.71. The Hall–Kier alpha value is -0.570. The standard InChI is InChI=1S/C9H17NO2/c1-9(10,6-8(11)12-2)7-4-3-5-7/h7H,3-6,10H2,1-2H3. The second kappa shape index (κ2) is 3.44. The topological polar surface area (TPSA) is 52.3 Å². The second-order valence-electron chi connectivity index (χ2n) is 3.89. The van der Waals surface area contributed by atoms with Crippen LogP contribution >= 0.6 is 0 Å².